The molecule has 4 aromatic rings. The quantitative estimate of drug-likeness (QED) is 0.139. The molecule has 9 nitrogen and oxygen atoms in total. The Bertz CT molecular complexity index is 1510. The highest BCUT2D eigenvalue weighted by molar-refractivity contribution is 7.87. The Hall–Kier alpha value is -4.06. The van der Waals surface area contributed by atoms with E-state index in [9.17, 15) is 18.0 Å². The van der Waals surface area contributed by atoms with Gasteiger partial charge >= 0.3 is 16.3 Å². The standard InChI is InChI=1S/C28H27N3O6S2/c1-37-28(33)23(16-19-8-4-2-5-9-19)26(32)29-24(17-20-12-14-22(15-13-20)31-39(34,35)36)25-18-38-27(30-25)21-10-6-3-7-11-21/h2-15,18,23-24,31H,16-17H2,1H3,(H,29,32)(H,34,35,36)/t23-,24-/m0/s1. The number of methoxy groups -OCH3 is 1. The van der Waals surface area contributed by atoms with E-state index in [1.165, 1.54) is 30.6 Å². The number of thiazole rings is 1. The second-order valence-corrected chi connectivity index (χ2v) is 10.8. The van der Waals surface area contributed by atoms with Crippen molar-refractivity contribution in [3.63, 3.8) is 0 Å². The van der Waals surface area contributed by atoms with Crippen LogP contribution in [-0.2, 0) is 37.5 Å². The minimum atomic E-state index is -4.40. The van der Waals surface area contributed by atoms with E-state index in [2.05, 4.69) is 5.32 Å². The van der Waals surface area contributed by atoms with Crippen LogP contribution in [0.1, 0.15) is 22.9 Å². The highest BCUT2D eigenvalue weighted by Gasteiger charge is 2.30. The minimum absolute atomic E-state index is 0.175. The Labute approximate surface area is 230 Å². The zero-order valence-electron chi connectivity index (χ0n) is 21.0. The van der Waals surface area contributed by atoms with Gasteiger partial charge in [-0.3, -0.25) is 18.9 Å². The summed E-state index contributed by atoms with van der Waals surface area (Å²) in [5.74, 6) is -2.19. The van der Waals surface area contributed by atoms with Gasteiger partial charge < -0.3 is 10.1 Å². The molecule has 3 N–H and O–H groups in total. The van der Waals surface area contributed by atoms with Crippen LogP contribution in [0.4, 0.5) is 5.69 Å². The second kappa shape index (κ2) is 12.7. The molecule has 0 saturated heterocycles. The third-order valence-electron chi connectivity index (χ3n) is 5.94. The number of rotatable bonds is 11. The van der Waals surface area contributed by atoms with Crippen LogP contribution < -0.4 is 10.0 Å². The van der Waals surface area contributed by atoms with E-state index in [0.717, 1.165) is 21.7 Å². The summed E-state index contributed by atoms with van der Waals surface area (Å²) in [6.45, 7) is 0. The summed E-state index contributed by atoms with van der Waals surface area (Å²) in [5.41, 5.74) is 3.34. The first-order valence-electron chi connectivity index (χ1n) is 12.0. The van der Waals surface area contributed by atoms with Crippen molar-refractivity contribution in [2.75, 3.05) is 11.8 Å². The first-order chi connectivity index (χ1) is 18.7. The van der Waals surface area contributed by atoms with Gasteiger partial charge in [-0.15, -0.1) is 11.3 Å². The van der Waals surface area contributed by atoms with E-state index in [4.69, 9.17) is 14.3 Å². The van der Waals surface area contributed by atoms with E-state index in [1.807, 2.05) is 70.8 Å². The smallest absolute Gasteiger partial charge is 0.357 e. The number of nitrogens with zero attached hydrogens (tertiary/aromatic N) is 1. The largest absolute Gasteiger partial charge is 0.468 e. The normalized spacial score (nSPS) is 12.8. The molecule has 1 amide bonds. The molecule has 0 fully saturated rings. The number of anilines is 1. The first-order valence-corrected chi connectivity index (χ1v) is 14.3. The van der Waals surface area contributed by atoms with Crippen molar-refractivity contribution in [3.05, 3.63) is 107 Å². The van der Waals surface area contributed by atoms with E-state index in [0.29, 0.717) is 12.1 Å². The molecule has 2 atom stereocenters. The van der Waals surface area contributed by atoms with Gasteiger partial charge in [0.25, 0.3) is 0 Å². The van der Waals surface area contributed by atoms with Gasteiger partial charge in [0, 0.05) is 10.9 Å². The molecule has 0 bridgehead atoms. The monoisotopic (exact) mass is 565 g/mol. The molecule has 202 valence electrons. The molecule has 0 aliphatic rings. The molecule has 3 aromatic carbocycles. The van der Waals surface area contributed by atoms with Crippen molar-refractivity contribution in [1.82, 2.24) is 10.3 Å². The number of carbonyl (C=O) groups is 2. The predicted molar refractivity (Wildman–Crippen MR) is 149 cm³/mol. The van der Waals surface area contributed by atoms with Crippen LogP contribution in [0.3, 0.4) is 0 Å². The topological polar surface area (TPSA) is 135 Å². The molecule has 0 aliphatic heterocycles. The molecular formula is C28H27N3O6S2. The number of carbonyl (C=O) groups excluding carboxylic acids is 2. The summed E-state index contributed by atoms with van der Waals surface area (Å²) >= 11 is 1.44. The lowest BCUT2D eigenvalue weighted by atomic mass is 9.97. The molecule has 0 unspecified atom stereocenters. The van der Waals surface area contributed by atoms with Gasteiger partial charge in [0.2, 0.25) is 5.91 Å². The number of esters is 1. The molecule has 11 heteroatoms. The zero-order chi connectivity index (χ0) is 27.8. The minimum Gasteiger partial charge on any atom is -0.468 e. The Kier molecular flexibility index (Phi) is 9.07. The molecule has 0 saturated carbocycles. The average Bonchev–Trinajstić information content (AvgIpc) is 3.43. The van der Waals surface area contributed by atoms with Crippen LogP contribution >= 0.6 is 11.3 Å². The summed E-state index contributed by atoms with van der Waals surface area (Å²) in [6.07, 6.45) is 0.490. The number of aromatic nitrogens is 1. The lowest BCUT2D eigenvalue weighted by Crippen LogP contribution is -2.40. The number of benzene rings is 3. The fourth-order valence-corrected chi connectivity index (χ4v) is 5.34. The summed E-state index contributed by atoms with van der Waals surface area (Å²) in [6, 6.07) is 24.7. The van der Waals surface area contributed by atoms with E-state index in [-0.39, 0.29) is 12.1 Å². The Morgan fingerprint density at radius 3 is 2.15 bits per heavy atom. The number of ether oxygens (including phenoxy) is 1. The molecule has 1 heterocycles. The van der Waals surface area contributed by atoms with Gasteiger partial charge in [-0.1, -0.05) is 72.8 Å². The Morgan fingerprint density at radius 1 is 0.923 bits per heavy atom. The van der Waals surface area contributed by atoms with Gasteiger partial charge in [-0.05, 0) is 36.1 Å². The summed E-state index contributed by atoms with van der Waals surface area (Å²) in [4.78, 5) is 30.8. The molecule has 0 aliphatic carbocycles. The maximum Gasteiger partial charge on any atom is 0.357 e. The van der Waals surface area contributed by atoms with Crippen LogP contribution in [0.2, 0.25) is 0 Å². The Balaban J connectivity index is 1.61. The van der Waals surface area contributed by atoms with Crippen LogP contribution in [0.5, 0.6) is 0 Å². The maximum atomic E-state index is 13.5. The molecule has 39 heavy (non-hydrogen) atoms. The number of amides is 1. The van der Waals surface area contributed by atoms with Crippen LogP contribution in [0.25, 0.3) is 10.6 Å². The molecule has 0 spiro atoms. The number of hydrogen-bond acceptors (Lipinski definition) is 7. The first kappa shape index (κ1) is 28.0. The molecule has 0 radical (unpaired) electrons. The lowest BCUT2D eigenvalue weighted by Gasteiger charge is -2.21. The van der Waals surface area contributed by atoms with Crippen LogP contribution in [0, 0.1) is 5.92 Å². The number of hydrogen-bond donors (Lipinski definition) is 3. The average molecular weight is 566 g/mol. The van der Waals surface area contributed by atoms with E-state index >= 15 is 0 Å². The summed E-state index contributed by atoms with van der Waals surface area (Å²) < 4.78 is 38.2. The highest BCUT2D eigenvalue weighted by Crippen LogP contribution is 2.28. The third-order valence-corrected chi connectivity index (χ3v) is 7.34. The van der Waals surface area contributed by atoms with Crippen molar-refractivity contribution < 1.29 is 27.3 Å². The van der Waals surface area contributed by atoms with E-state index < -0.39 is 34.1 Å². The van der Waals surface area contributed by atoms with Crippen LogP contribution in [-0.4, -0.2) is 36.9 Å². The van der Waals surface area contributed by atoms with Gasteiger partial charge in [0.1, 0.15) is 10.9 Å². The fourth-order valence-electron chi connectivity index (χ4n) is 4.03. The number of nitrogens with one attached hydrogen (secondary N) is 2. The summed E-state index contributed by atoms with van der Waals surface area (Å²) in [7, 11) is -3.15. The van der Waals surface area contributed by atoms with Crippen molar-refractivity contribution in [2.45, 2.75) is 18.9 Å². The summed E-state index contributed by atoms with van der Waals surface area (Å²) in [5, 5.41) is 5.64. The van der Waals surface area contributed by atoms with Gasteiger partial charge in [-0.2, -0.15) is 8.42 Å². The van der Waals surface area contributed by atoms with Gasteiger partial charge in [0.05, 0.1) is 24.5 Å². The third kappa shape index (κ3) is 7.96. The fraction of sp³-hybridized carbons (Fsp3) is 0.179. The Morgan fingerprint density at radius 2 is 1.54 bits per heavy atom. The van der Waals surface area contributed by atoms with Crippen molar-refractivity contribution in [2.24, 2.45) is 5.92 Å². The van der Waals surface area contributed by atoms with Gasteiger partial charge in [-0.25, -0.2) is 4.98 Å². The molecule has 4 rings (SSSR count). The molecular weight excluding hydrogens is 538 g/mol. The SMILES string of the molecule is COC(=O)[C@@H](Cc1ccccc1)C(=O)N[C@@H](Cc1ccc(NS(=O)(=O)O)cc1)c1csc(-c2ccccc2)n1. The highest BCUT2D eigenvalue weighted by atomic mass is 32.2. The lowest BCUT2D eigenvalue weighted by molar-refractivity contribution is -0.150. The second-order valence-electron chi connectivity index (χ2n) is 8.75. The zero-order valence-corrected chi connectivity index (χ0v) is 22.6. The maximum absolute atomic E-state index is 13.5. The van der Waals surface area contributed by atoms with E-state index in [1.54, 1.807) is 12.1 Å². The van der Waals surface area contributed by atoms with Crippen LogP contribution in [0.15, 0.2) is 90.3 Å². The van der Waals surface area contributed by atoms with Gasteiger partial charge in [0.15, 0.2) is 0 Å². The van der Waals surface area contributed by atoms with Crippen molar-refractivity contribution in [3.8, 4) is 10.6 Å². The molecule has 1 aromatic heterocycles. The predicted octanol–water partition coefficient (Wildman–Crippen LogP) is 4.46. The van der Waals surface area contributed by atoms with Crippen molar-refractivity contribution >= 4 is 39.2 Å². The van der Waals surface area contributed by atoms with Crippen molar-refractivity contribution in [1.29, 1.82) is 0 Å².